The highest BCUT2D eigenvalue weighted by Gasteiger charge is 2.16. The molecule has 0 unspecified atom stereocenters. The van der Waals surface area contributed by atoms with E-state index in [1.165, 1.54) is 32.4 Å². The number of hydrogen-bond acceptors (Lipinski definition) is 5. The first-order chi connectivity index (χ1) is 9.56. The maximum absolute atomic E-state index is 4.56. The van der Waals surface area contributed by atoms with E-state index < -0.39 is 0 Å². The van der Waals surface area contributed by atoms with Crippen molar-refractivity contribution in [3.8, 4) is 0 Å². The summed E-state index contributed by atoms with van der Waals surface area (Å²) in [6.45, 7) is 5.46. The molecule has 20 heavy (non-hydrogen) atoms. The number of nitrogens with zero attached hydrogens (tertiary/aromatic N) is 4. The van der Waals surface area contributed by atoms with Crippen molar-refractivity contribution in [3.63, 3.8) is 0 Å². The molecule has 0 spiro atoms. The number of rotatable bonds is 5. The van der Waals surface area contributed by atoms with Crippen molar-refractivity contribution in [2.24, 2.45) is 5.92 Å². The first-order valence-corrected chi connectivity index (χ1v) is 7.49. The van der Waals surface area contributed by atoms with Gasteiger partial charge in [0.05, 0.1) is 0 Å². The maximum Gasteiger partial charge on any atom is 0.224 e. The third-order valence-corrected chi connectivity index (χ3v) is 3.93. The second-order valence-electron chi connectivity index (χ2n) is 6.08. The van der Waals surface area contributed by atoms with Crippen LogP contribution in [0.25, 0.3) is 0 Å². The van der Waals surface area contributed by atoms with Crippen molar-refractivity contribution in [1.29, 1.82) is 0 Å². The van der Waals surface area contributed by atoms with E-state index in [9.17, 15) is 0 Å². The molecule has 2 rings (SSSR count). The number of likely N-dealkylation sites (tertiary alicyclic amines) is 1. The maximum atomic E-state index is 4.56. The van der Waals surface area contributed by atoms with Crippen LogP contribution in [0.5, 0.6) is 0 Å². The summed E-state index contributed by atoms with van der Waals surface area (Å²) in [6.07, 6.45) is 5.76. The molecular formula is C15H27N5. The fraction of sp³-hybridized carbons (Fsp3) is 0.733. The molecule has 0 saturated carbocycles. The van der Waals surface area contributed by atoms with Gasteiger partial charge in [-0.1, -0.05) is 0 Å². The highest BCUT2D eigenvalue weighted by molar-refractivity contribution is 5.47. The second-order valence-corrected chi connectivity index (χ2v) is 6.08. The quantitative estimate of drug-likeness (QED) is 0.892. The lowest BCUT2D eigenvalue weighted by molar-refractivity contribution is 0.205. The van der Waals surface area contributed by atoms with Gasteiger partial charge in [-0.2, -0.15) is 4.98 Å². The fourth-order valence-corrected chi connectivity index (χ4v) is 2.87. The van der Waals surface area contributed by atoms with Crippen molar-refractivity contribution in [2.45, 2.75) is 26.2 Å². The van der Waals surface area contributed by atoms with Gasteiger partial charge in [0, 0.05) is 38.9 Å². The van der Waals surface area contributed by atoms with Crippen LogP contribution in [0.2, 0.25) is 0 Å². The number of anilines is 2. The Kier molecular flexibility index (Phi) is 5.17. The van der Waals surface area contributed by atoms with Crippen molar-refractivity contribution < 1.29 is 0 Å². The summed E-state index contributed by atoms with van der Waals surface area (Å²) >= 11 is 0. The zero-order valence-electron chi connectivity index (χ0n) is 13.2. The van der Waals surface area contributed by atoms with E-state index in [4.69, 9.17) is 0 Å². The number of nitrogens with one attached hydrogen (secondary N) is 1. The van der Waals surface area contributed by atoms with E-state index in [0.29, 0.717) is 0 Å². The molecule has 0 radical (unpaired) electrons. The highest BCUT2D eigenvalue weighted by atomic mass is 15.2. The molecule has 1 aliphatic heterocycles. The third kappa shape index (κ3) is 4.07. The minimum Gasteiger partial charge on any atom is -0.362 e. The van der Waals surface area contributed by atoms with Gasteiger partial charge in [0.2, 0.25) is 5.95 Å². The normalized spacial score (nSPS) is 19.9. The smallest absolute Gasteiger partial charge is 0.224 e. The summed E-state index contributed by atoms with van der Waals surface area (Å²) in [4.78, 5) is 13.4. The van der Waals surface area contributed by atoms with E-state index in [0.717, 1.165) is 29.8 Å². The van der Waals surface area contributed by atoms with E-state index >= 15 is 0 Å². The largest absolute Gasteiger partial charge is 0.362 e. The molecule has 1 saturated heterocycles. The molecule has 0 bridgehead atoms. The van der Waals surface area contributed by atoms with Crippen LogP contribution in [-0.2, 0) is 0 Å². The summed E-state index contributed by atoms with van der Waals surface area (Å²) in [5.41, 5.74) is 1.11. The first kappa shape index (κ1) is 15.0. The summed E-state index contributed by atoms with van der Waals surface area (Å²) in [6, 6.07) is 0. The summed E-state index contributed by atoms with van der Waals surface area (Å²) < 4.78 is 0. The van der Waals surface area contributed by atoms with Gasteiger partial charge in [0.25, 0.3) is 0 Å². The molecule has 1 aromatic heterocycles. The Labute approximate surface area is 122 Å². The van der Waals surface area contributed by atoms with E-state index in [-0.39, 0.29) is 0 Å². The molecule has 0 aliphatic carbocycles. The predicted octanol–water partition coefficient (Wildman–Crippen LogP) is 1.99. The molecule has 5 nitrogen and oxygen atoms in total. The van der Waals surface area contributed by atoms with Crippen LogP contribution in [0.4, 0.5) is 11.8 Å². The lowest BCUT2D eigenvalue weighted by Gasteiger charge is -2.29. The minimum absolute atomic E-state index is 0.739. The molecule has 1 aromatic rings. The Morgan fingerprint density at radius 3 is 2.95 bits per heavy atom. The van der Waals surface area contributed by atoms with Crippen LogP contribution in [0.1, 0.15) is 24.8 Å². The Bertz CT molecular complexity index is 432. The van der Waals surface area contributed by atoms with E-state index in [1.54, 1.807) is 0 Å². The van der Waals surface area contributed by atoms with Crippen molar-refractivity contribution in [3.05, 3.63) is 11.8 Å². The number of aryl methyl sites for hydroxylation is 1. The van der Waals surface area contributed by atoms with Crippen molar-refractivity contribution in [1.82, 2.24) is 14.9 Å². The van der Waals surface area contributed by atoms with Crippen LogP contribution >= 0.6 is 0 Å². The van der Waals surface area contributed by atoms with Crippen molar-refractivity contribution >= 4 is 11.8 Å². The molecule has 1 N–H and O–H groups in total. The van der Waals surface area contributed by atoms with E-state index in [1.807, 2.05) is 32.1 Å². The number of aromatic nitrogens is 2. The molecule has 0 amide bonds. The van der Waals surface area contributed by atoms with Crippen LogP contribution in [0.3, 0.4) is 0 Å². The van der Waals surface area contributed by atoms with Gasteiger partial charge in [-0.3, -0.25) is 0 Å². The van der Waals surface area contributed by atoms with Gasteiger partial charge in [0.15, 0.2) is 0 Å². The van der Waals surface area contributed by atoms with Crippen molar-refractivity contribution in [2.75, 3.05) is 51.0 Å². The molecule has 2 heterocycles. The lowest BCUT2D eigenvalue weighted by atomic mass is 9.95. The molecule has 112 valence electrons. The summed E-state index contributed by atoms with van der Waals surface area (Å²) in [5, 5.41) is 3.36. The Balaban J connectivity index is 1.83. The monoisotopic (exact) mass is 277 g/mol. The SMILES string of the molecule is Cc1cnc(NCC[C@H]2CCCN(C)C2)nc1N(C)C. The van der Waals surface area contributed by atoms with Gasteiger partial charge >= 0.3 is 0 Å². The fourth-order valence-electron chi connectivity index (χ4n) is 2.87. The average molecular weight is 277 g/mol. The molecule has 5 heteroatoms. The molecule has 0 aromatic carbocycles. The van der Waals surface area contributed by atoms with Gasteiger partial charge in [0.1, 0.15) is 5.82 Å². The van der Waals surface area contributed by atoms with E-state index in [2.05, 4.69) is 27.2 Å². The zero-order chi connectivity index (χ0) is 14.5. The number of piperidine rings is 1. The number of hydrogen-bond donors (Lipinski definition) is 1. The summed E-state index contributed by atoms with van der Waals surface area (Å²) in [7, 11) is 6.24. The standard InChI is InChI=1S/C15H27N5/c1-12-10-17-15(18-14(12)19(2)3)16-8-7-13-6-5-9-20(4)11-13/h10,13H,5-9,11H2,1-4H3,(H,16,17,18)/t13-/m1/s1. The highest BCUT2D eigenvalue weighted by Crippen LogP contribution is 2.19. The lowest BCUT2D eigenvalue weighted by Crippen LogP contribution is -2.32. The topological polar surface area (TPSA) is 44.3 Å². The Morgan fingerprint density at radius 2 is 2.25 bits per heavy atom. The van der Waals surface area contributed by atoms with Crippen LogP contribution in [0, 0.1) is 12.8 Å². The average Bonchev–Trinajstić information content (AvgIpc) is 2.40. The van der Waals surface area contributed by atoms with Gasteiger partial charge in [-0.15, -0.1) is 0 Å². The molecule has 1 aliphatic rings. The second kappa shape index (κ2) is 6.88. The van der Waals surface area contributed by atoms with Crippen LogP contribution < -0.4 is 10.2 Å². The van der Waals surface area contributed by atoms with Crippen LogP contribution in [0.15, 0.2) is 6.20 Å². The summed E-state index contributed by atoms with van der Waals surface area (Å²) in [5.74, 6) is 2.53. The molecule has 1 atom stereocenters. The van der Waals surface area contributed by atoms with Gasteiger partial charge in [-0.25, -0.2) is 4.98 Å². The first-order valence-electron chi connectivity index (χ1n) is 7.49. The molecule has 1 fully saturated rings. The molecular weight excluding hydrogens is 250 g/mol. The van der Waals surface area contributed by atoms with Gasteiger partial charge < -0.3 is 15.1 Å². The Morgan fingerprint density at radius 1 is 1.45 bits per heavy atom. The van der Waals surface area contributed by atoms with Gasteiger partial charge in [-0.05, 0) is 45.7 Å². The van der Waals surface area contributed by atoms with Crippen LogP contribution in [-0.4, -0.2) is 55.6 Å². The zero-order valence-corrected chi connectivity index (χ0v) is 13.2. The Hall–Kier alpha value is -1.36. The third-order valence-electron chi connectivity index (χ3n) is 3.93. The predicted molar refractivity (Wildman–Crippen MR) is 84.4 cm³/mol. The minimum atomic E-state index is 0.739.